The first-order chi connectivity index (χ1) is 14.1. The van der Waals surface area contributed by atoms with Crippen molar-refractivity contribution in [1.82, 2.24) is 14.8 Å². The van der Waals surface area contributed by atoms with Crippen LogP contribution in [0.3, 0.4) is 0 Å². The van der Waals surface area contributed by atoms with E-state index in [2.05, 4.69) is 15.5 Å². The van der Waals surface area contributed by atoms with E-state index in [-0.39, 0.29) is 17.6 Å². The smallest absolute Gasteiger partial charge is 0.338 e. The van der Waals surface area contributed by atoms with Crippen molar-refractivity contribution in [1.29, 1.82) is 0 Å². The fourth-order valence-corrected chi connectivity index (χ4v) is 3.93. The molecule has 0 bridgehead atoms. The molecule has 0 saturated carbocycles. The van der Waals surface area contributed by atoms with Gasteiger partial charge in [-0.05, 0) is 42.1 Å². The molecule has 7 nitrogen and oxygen atoms in total. The number of thioether (sulfide) groups is 1. The predicted octanol–water partition coefficient (Wildman–Crippen LogP) is 4.23. The molecule has 0 atom stereocenters. The molecule has 1 amide bonds. The second-order valence-electron chi connectivity index (χ2n) is 6.25. The molecule has 2 aromatic heterocycles. The number of carbonyl (C=O) groups is 2. The Hall–Kier alpha value is -2.65. The highest BCUT2D eigenvalue weighted by molar-refractivity contribution is 7.99. The highest BCUT2D eigenvalue weighted by Gasteiger charge is 2.14. The van der Waals surface area contributed by atoms with Gasteiger partial charge in [0.15, 0.2) is 11.0 Å². The number of anilines is 1. The molecule has 29 heavy (non-hydrogen) atoms. The summed E-state index contributed by atoms with van der Waals surface area (Å²) in [6.07, 6.45) is 1.82. The monoisotopic (exact) mass is 430 g/mol. The van der Waals surface area contributed by atoms with Gasteiger partial charge >= 0.3 is 5.97 Å². The van der Waals surface area contributed by atoms with Gasteiger partial charge in [0.25, 0.3) is 0 Å². The quantitative estimate of drug-likeness (QED) is 0.311. The summed E-state index contributed by atoms with van der Waals surface area (Å²) in [6.45, 7) is 2.46. The minimum absolute atomic E-state index is 0.158. The highest BCUT2D eigenvalue weighted by atomic mass is 32.2. The summed E-state index contributed by atoms with van der Waals surface area (Å²) in [5.74, 6) is 0.478. The lowest BCUT2D eigenvalue weighted by molar-refractivity contribution is -0.113. The van der Waals surface area contributed by atoms with Crippen molar-refractivity contribution in [3.63, 3.8) is 0 Å². The van der Waals surface area contributed by atoms with Crippen LogP contribution in [0.4, 0.5) is 5.69 Å². The van der Waals surface area contributed by atoms with E-state index < -0.39 is 0 Å². The molecule has 0 aliphatic heterocycles. The second-order valence-corrected chi connectivity index (χ2v) is 8.14. The van der Waals surface area contributed by atoms with Gasteiger partial charge in [0.2, 0.25) is 5.91 Å². The fraction of sp³-hybridized carbons (Fsp3) is 0.300. The zero-order valence-corrected chi connectivity index (χ0v) is 17.9. The topological polar surface area (TPSA) is 86.1 Å². The maximum atomic E-state index is 12.2. The number of esters is 1. The Bertz CT molecular complexity index is 953. The average molecular weight is 431 g/mol. The molecule has 9 heteroatoms. The van der Waals surface area contributed by atoms with Crippen molar-refractivity contribution < 1.29 is 14.3 Å². The summed E-state index contributed by atoms with van der Waals surface area (Å²) in [4.78, 5) is 25.2. The third kappa shape index (κ3) is 5.68. The zero-order valence-electron chi connectivity index (χ0n) is 16.3. The molecular weight excluding hydrogens is 408 g/mol. The van der Waals surface area contributed by atoms with Gasteiger partial charge < -0.3 is 14.6 Å². The van der Waals surface area contributed by atoms with Crippen molar-refractivity contribution in [2.45, 2.75) is 24.9 Å². The summed E-state index contributed by atoms with van der Waals surface area (Å²) in [5, 5.41) is 13.8. The molecule has 0 radical (unpaired) electrons. The van der Waals surface area contributed by atoms with Gasteiger partial charge in [-0.15, -0.1) is 21.5 Å². The average Bonchev–Trinajstić information content (AvgIpc) is 3.37. The predicted molar refractivity (Wildman–Crippen MR) is 115 cm³/mol. The van der Waals surface area contributed by atoms with Gasteiger partial charge in [0, 0.05) is 12.7 Å². The van der Waals surface area contributed by atoms with Crippen LogP contribution in [0.1, 0.15) is 30.1 Å². The Morgan fingerprint density at radius 2 is 2.00 bits per heavy atom. The van der Waals surface area contributed by atoms with Gasteiger partial charge in [-0.1, -0.05) is 31.2 Å². The lowest BCUT2D eigenvalue weighted by Crippen LogP contribution is -2.14. The lowest BCUT2D eigenvalue weighted by Gasteiger charge is -2.07. The number of hydrogen-bond acceptors (Lipinski definition) is 7. The van der Waals surface area contributed by atoms with Crippen LogP contribution in [0.2, 0.25) is 0 Å². The molecule has 1 aromatic carbocycles. The largest absolute Gasteiger partial charge is 0.462 e. The van der Waals surface area contributed by atoms with Crippen molar-refractivity contribution >= 4 is 40.7 Å². The maximum absolute atomic E-state index is 12.2. The number of benzene rings is 1. The number of rotatable bonds is 9. The minimum Gasteiger partial charge on any atom is -0.462 e. The number of unbranched alkanes of at least 4 members (excludes halogenated alkanes) is 1. The van der Waals surface area contributed by atoms with Crippen molar-refractivity contribution in [2.24, 2.45) is 7.05 Å². The Morgan fingerprint density at radius 3 is 2.69 bits per heavy atom. The molecule has 152 valence electrons. The Morgan fingerprint density at radius 1 is 1.21 bits per heavy atom. The first-order valence-corrected chi connectivity index (χ1v) is 11.1. The van der Waals surface area contributed by atoms with Gasteiger partial charge in [-0.3, -0.25) is 4.79 Å². The van der Waals surface area contributed by atoms with E-state index in [9.17, 15) is 9.59 Å². The molecule has 0 aliphatic rings. The number of aromatic nitrogens is 3. The van der Waals surface area contributed by atoms with Gasteiger partial charge in [0.05, 0.1) is 22.8 Å². The highest BCUT2D eigenvalue weighted by Crippen LogP contribution is 2.26. The van der Waals surface area contributed by atoms with E-state index in [1.807, 2.05) is 36.1 Å². The van der Waals surface area contributed by atoms with Crippen LogP contribution in [-0.4, -0.2) is 39.0 Å². The first-order valence-electron chi connectivity index (χ1n) is 9.21. The third-order valence-electron chi connectivity index (χ3n) is 4.04. The van der Waals surface area contributed by atoms with Crippen LogP contribution < -0.4 is 5.32 Å². The number of carbonyl (C=O) groups excluding carboxylic acids is 2. The molecular formula is C20H22N4O3S2. The first kappa shape index (κ1) is 21.1. The second kappa shape index (κ2) is 10.2. The van der Waals surface area contributed by atoms with E-state index in [0.29, 0.717) is 23.0 Å². The molecule has 0 aliphatic carbocycles. The van der Waals surface area contributed by atoms with Crippen LogP contribution in [0.25, 0.3) is 10.7 Å². The van der Waals surface area contributed by atoms with Crippen LogP contribution in [0, 0.1) is 0 Å². The number of thiophene rings is 1. The van der Waals surface area contributed by atoms with Crippen LogP contribution in [0.15, 0.2) is 46.9 Å². The van der Waals surface area contributed by atoms with Crippen molar-refractivity contribution in [3.8, 4) is 10.7 Å². The molecule has 2 heterocycles. The molecule has 0 spiro atoms. The molecule has 1 N–H and O–H groups in total. The summed E-state index contributed by atoms with van der Waals surface area (Å²) in [7, 11) is 1.88. The molecule has 3 rings (SSSR count). The normalized spacial score (nSPS) is 10.7. The minimum atomic E-state index is -0.351. The summed E-state index contributed by atoms with van der Waals surface area (Å²) in [6, 6.07) is 10.6. The third-order valence-corrected chi connectivity index (χ3v) is 5.93. The Kier molecular flexibility index (Phi) is 7.42. The Balaban J connectivity index is 1.50. The molecule has 0 saturated heterocycles. The van der Waals surface area contributed by atoms with Gasteiger partial charge in [-0.2, -0.15) is 0 Å². The summed E-state index contributed by atoms with van der Waals surface area (Å²) >= 11 is 2.91. The molecule has 0 unspecified atom stereocenters. The number of nitrogens with one attached hydrogen (secondary N) is 1. The van der Waals surface area contributed by atoms with E-state index in [0.717, 1.165) is 23.5 Å². The molecule has 0 fully saturated rings. The van der Waals surface area contributed by atoms with E-state index >= 15 is 0 Å². The van der Waals surface area contributed by atoms with Crippen LogP contribution >= 0.6 is 23.1 Å². The number of amides is 1. The summed E-state index contributed by atoms with van der Waals surface area (Å²) < 4.78 is 7.05. The fourth-order valence-electron chi connectivity index (χ4n) is 2.47. The molecule has 3 aromatic rings. The summed E-state index contributed by atoms with van der Waals surface area (Å²) in [5.41, 5.74) is 1.09. The number of ether oxygens (including phenoxy) is 1. The van der Waals surface area contributed by atoms with Gasteiger partial charge in [-0.25, -0.2) is 4.79 Å². The SMILES string of the molecule is CCCCOC(=O)c1ccc(NC(=O)CSc2nnc(-c3cccs3)n2C)cc1. The maximum Gasteiger partial charge on any atom is 0.338 e. The van der Waals surface area contributed by atoms with Crippen LogP contribution in [0.5, 0.6) is 0 Å². The van der Waals surface area contributed by atoms with Gasteiger partial charge in [0.1, 0.15) is 0 Å². The van der Waals surface area contributed by atoms with Crippen molar-refractivity contribution in [3.05, 3.63) is 47.3 Å². The van der Waals surface area contributed by atoms with E-state index in [1.165, 1.54) is 11.8 Å². The standard InChI is InChI=1S/C20H22N4O3S2/c1-3-4-11-27-19(26)14-7-9-15(10-8-14)21-17(25)13-29-20-23-22-18(24(20)2)16-6-5-12-28-16/h5-10,12H,3-4,11,13H2,1-2H3,(H,21,25). The van der Waals surface area contributed by atoms with Crippen molar-refractivity contribution in [2.75, 3.05) is 17.7 Å². The Labute approximate surface area is 177 Å². The van der Waals surface area contributed by atoms with E-state index in [1.54, 1.807) is 35.6 Å². The van der Waals surface area contributed by atoms with E-state index in [4.69, 9.17) is 4.74 Å². The lowest BCUT2D eigenvalue weighted by atomic mass is 10.2. The number of hydrogen-bond donors (Lipinski definition) is 1. The zero-order chi connectivity index (χ0) is 20.6. The van der Waals surface area contributed by atoms with Crippen LogP contribution in [-0.2, 0) is 16.6 Å². The number of nitrogens with zero attached hydrogens (tertiary/aromatic N) is 3.